The summed E-state index contributed by atoms with van der Waals surface area (Å²) in [6.07, 6.45) is 0. The second-order valence-electron chi connectivity index (χ2n) is 7.91. The van der Waals surface area contributed by atoms with E-state index in [1.165, 1.54) is 0 Å². The number of nitrogens with zero attached hydrogens (tertiary/aromatic N) is 1. The third-order valence-corrected chi connectivity index (χ3v) is 6.86. The Morgan fingerprint density at radius 2 is 1.43 bits per heavy atom. The van der Waals surface area contributed by atoms with Gasteiger partial charge in [0.1, 0.15) is 31.3 Å². The molecule has 0 spiro atoms. The van der Waals surface area contributed by atoms with Crippen molar-refractivity contribution in [2.24, 2.45) is 0 Å². The molecule has 0 aromatic heterocycles. The molecule has 35 heavy (non-hydrogen) atoms. The van der Waals surface area contributed by atoms with E-state index in [1.807, 2.05) is 83.6 Å². The number of carbonyl (C=O) groups excluding carboxylic acids is 1. The van der Waals surface area contributed by atoms with E-state index in [2.05, 4.69) is 0 Å². The van der Waals surface area contributed by atoms with Crippen LogP contribution in [0.3, 0.4) is 0 Å². The van der Waals surface area contributed by atoms with Crippen LogP contribution in [0.2, 0.25) is 0 Å². The van der Waals surface area contributed by atoms with Gasteiger partial charge in [-0.1, -0.05) is 66.7 Å². The SMILES string of the molecule is O=C1CN(c2cc3ccc(OCc4ccccc4)cc3cc2OCc2ccccc2)S(=O)(=O)N1.[H-].[K+]. The van der Waals surface area contributed by atoms with Gasteiger partial charge in [0.15, 0.2) is 0 Å². The molecule has 1 heterocycles. The zero-order valence-corrected chi connectivity index (χ0v) is 23.1. The van der Waals surface area contributed by atoms with Crippen LogP contribution in [0, 0.1) is 0 Å². The second kappa shape index (κ2) is 11.1. The van der Waals surface area contributed by atoms with E-state index in [1.54, 1.807) is 12.1 Å². The van der Waals surface area contributed by atoms with Gasteiger partial charge in [-0.25, -0.2) is 9.03 Å². The molecule has 0 aliphatic carbocycles. The number of rotatable bonds is 7. The Bertz CT molecular complexity index is 1450. The second-order valence-corrected chi connectivity index (χ2v) is 9.51. The first-order valence-electron chi connectivity index (χ1n) is 10.7. The van der Waals surface area contributed by atoms with Gasteiger partial charge in [-0.15, -0.1) is 0 Å². The Hall–Kier alpha value is -2.40. The van der Waals surface area contributed by atoms with Crippen molar-refractivity contribution < 1.29 is 75.5 Å². The van der Waals surface area contributed by atoms with Crippen LogP contribution in [-0.4, -0.2) is 20.9 Å². The maximum atomic E-state index is 12.5. The maximum Gasteiger partial charge on any atom is 1.00 e. The number of ether oxygens (including phenoxy) is 2. The average molecular weight is 515 g/mol. The van der Waals surface area contributed by atoms with Gasteiger partial charge in [-0.05, 0) is 46.2 Å². The summed E-state index contributed by atoms with van der Waals surface area (Å²) in [4.78, 5) is 11.8. The minimum atomic E-state index is -3.98. The third-order valence-electron chi connectivity index (χ3n) is 5.46. The van der Waals surface area contributed by atoms with Crippen LogP contribution in [0.4, 0.5) is 5.69 Å². The van der Waals surface area contributed by atoms with Crippen molar-refractivity contribution in [1.82, 2.24) is 4.72 Å². The smallest absolute Gasteiger partial charge is 1.00 e. The van der Waals surface area contributed by atoms with Crippen molar-refractivity contribution >= 4 is 32.6 Å². The summed E-state index contributed by atoms with van der Waals surface area (Å²) in [5.74, 6) is 0.458. The van der Waals surface area contributed by atoms with Gasteiger partial charge in [0.2, 0.25) is 0 Å². The van der Waals surface area contributed by atoms with Gasteiger partial charge in [-0.3, -0.25) is 4.79 Å². The van der Waals surface area contributed by atoms with Gasteiger partial charge in [-0.2, -0.15) is 8.42 Å². The number of nitrogens with one attached hydrogen (secondary N) is 1. The van der Waals surface area contributed by atoms with Gasteiger partial charge < -0.3 is 10.9 Å². The zero-order chi connectivity index (χ0) is 23.5. The van der Waals surface area contributed by atoms with Gasteiger partial charge in [0.25, 0.3) is 5.91 Å². The summed E-state index contributed by atoms with van der Waals surface area (Å²) in [6, 6.07) is 28.5. The van der Waals surface area contributed by atoms with Crippen molar-refractivity contribution in [3.63, 3.8) is 0 Å². The molecule has 0 atom stereocenters. The molecule has 0 unspecified atom stereocenters. The molecule has 1 saturated heterocycles. The van der Waals surface area contributed by atoms with E-state index in [0.29, 0.717) is 23.8 Å². The number of anilines is 1. The molecule has 1 amide bonds. The quantitative estimate of drug-likeness (QED) is 0.376. The van der Waals surface area contributed by atoms with E-state index in [0.717, 1.165) is 26.2 Å². The molecule has 174 valence electrons. The molecule has 1 N–H and O–H groups in total. The van der Waals surface area contributed by atoms with Crippen molar-refractivity contribution in [3.8, 4) is 11.5 Å². The molecule has 0 radical (unpaired) electrons. The first-order valence-corrected chi connectivity index (χ1v) is 12.2. The number of hydrogen-bond donors (Lipinski definition) is 1. The molecule has 1 aliphatic heterocycles. The molecule has 4 aromatic carbocycles. The van der Waals surface area contributed by atoms with Crippen molar-refractivity contribution in [2.45, 2.75) is 13.2 Å². The molecule has 5 rings (SSSR count). The maximum absolute atomic E-state index is 12.5. The van der Waals surface area contributed by atoms with E-state index in [9.17, 15) is 13.2 Å². The normalized spacial score (nSPS) is 14.3. The number of benzene rings is 4. The molecule has 1 fully saturated rings. The molecule has 0 bridgehead atoms. The van der Waals surface area contributed by atoms with E-state index in [4.69, 9.17) is 9.47 Å². The third kappa shape index (κ3) is 6.06. The van der Waals surface area contributed by atoms with Gasteiger partial charge in [0, 0.05) is 0 Å². The van der Waals surface area contributed by atoms with E-state index < -0.39 is 16.1 Å². The first-order chi connectivity index (χ1) is 16.5. The average Bonchev–Trinajstić information content (AvgIpc) is 3.13. The predicted molar refractivity (Wildman–Crippen MR) is 131 cm³/mol. The Labute approximate surface area is 248 Å². The monoisotopic (exact) mass is 514 g/mol. The van der Waals surface area contributed by atoms with Crippen molar-refractivity contribution in [2.75, 3.05) is 10.8 Å². The fraction of sp³-hybridized carbons (Fsp3) is 0.115. The summed E-state index contributed by atoms with van der Waals surface area (Å²) < 4.78 is 40.1. The molecular weight excluding hydrogens is 491 g/mol. The topological polar surface area (TPSA) is 84.9 Å². The molecule has 4 aromatic rings. The largest absolute Gasteiger partial charge is 1.00 e. The van der Waals surface area contributed by atoms with Gasteiger partial charge >= 0.3 is 61.6 Å². The van der Waals surface area contributed by atoms with Crippen molar-refractivity contribution in [3.05, 3.63) is 102 Å². The minimum absolute atomic E-state index is 0. The van der Waals surface area contributed by atoms with E-state index >= 15 is 0 Å². The molecule has 9 heteroatoms. The first kappa shape index (κ1) is 25.7. The van der Waals surface area contributed by atoms with Crippen LogP contribution < -0.4 is 69.9 Å². The summed E-state index contributed by atoms with van der Waals surface area (Å²) >= 11 is 0. The predicted octanol–water partition coefficient (Wildman–Crippen LogP) is 1.30. The van der Waals surface area contributed by atoms with E-state index in [-0.39, 0.29) is 66.0 Å². The zero-order valence-electron chi connectivity index (χ0n) is 20.2. The Morgan fingerprint density at radius 1 is 0.800 bits per heavy atom. The van der Waals surface area contributed by atoms with Crippen LogP contribution >= 0.6 is 0 Å². The fourth-order valence-electron chi connectivity index (χ4n) is 3.78. The van der Waals surface area contributed by atoms with Gasteiger partial charge in [0.05, 0.1) is 5.69 Å². The fourth-order valence-corrected chi connectivity index (χ4v) is 4.93. The van der Waals surface area contributed by atoms with Crippen LogP contribution in [0.25, 0.3) is 10.8 Å². The summed E-state index contributed by atoms with van der Waals surface area (Å²) in [7, 11) is -3.98. The minimum Gasteiger partial charge on any atom is -1.00 e. The Kier molecular flexibility index (Phi) is 8.15. The molecule has 7 nitrogen and oxygen atoms in total. The molecule has 0 saturated carbocycles. The van der Waals surface area contributed by atoms with Crippen molar-refractivity contribution in [1.29, 1.82) is 0 Å². The molecule has 1 aliphatic rings. The van der Waals surface area contributed by atoms with Crippen LogP contribution in [-0.2, 0) is 28.2 Å². The summed E-state index contributed by atoms with van der Waals surface area (Å²) in [5, 5.41) is 1.62. The Morgan fingerprint density at radius 3 is 2.03 bits per heavy atom. The summed E-state index contributed by atoms with van der Waals surface area (Å²) in [5.41, 5.74) is 2.30. The Balaban J connectivity index is 0.00000180. The van der Waals surface area contributed by atoms with Crippen LogP contribution in [0.1, 0.15) is 12.6 Å². The summed E-state index contributed by atoms with van der Waals surface area (Å²) in [6.45, 7) is 0.383. The standard InChI is InChI=1S/C26H22N2O5S.K.H/c29-26-16-28(34(30,31)27-26)24-14-21-11-12-23(32-17-19-7-3-1-4-8-19)13-22(21)15-25(24)33-18-20-9-5-2-6-10-20;;/h1-15H,16-18H2,(H,27,29);;/q;+1;-1. The van der Waals surface area contributed by atoms with Crippen LogP contribution in [0.5, 0.6) is 11.5 Å². The number of hydrogen-bond acceptors (Lipinski definition) is 5. The van der Waals surface area contributed by atoms with Crippen LogP contribution in [0.15, 0.2) is 91.0 Å². The number of fused-ring (bicyclic) bond motifs is 1. The molecular formula is C26H23KN2O5S. The number of carbonyl (C=O) groups is 1. The number of amides is 1.